The van der Waals surface area contributed by atoms with Crippen molar-refractivity contribution in [2.24, 2.45) is 0 Å². The summed E-state index contributed by atoms with van der Waals surface area (Å²) in [4.78, 5) is 1.90. The van der Waals surface area contributed by atoms with Gasteiger partial charge in [0.1, 0.15) is 10.5 Å². The zero-order valence-electron chi connectivity index (χ0n) is 9.09. The van der Waals surface area contributed by atoms with Crippen LogP contribution in [0, 0.1) is 0 Å². The zero-order valence-corrected chi connectivity index (χ0v) is 12.2. The van der Waals surface area contributed by atoms with Gasteiger partial charge in [0.05, 0.1) is 0 Å². The summed E-state index contributed by atoms with van der Waals surface area (Å²) >= 11 is 2.80. The smallest absolute Gasteiger partial charge is 0.387 e. The fourth-order valence-electron chi connectivity index (χ4n) is 1.30. The minimum absolute atomic E-state index is 0.257. The second-order valence-corrected chi connectivity index (χ2v) is 6.31. The van der Waals surface area contributed by atoms with Gasteiger partial charge in [-0.1, -0.05) is 15.9 Å². The van der Waals surface area contributed by atoms with Crippen molar-refractivity contribution in [1.82, 2.24) is 4.98 Å². The summed E-state index contributed by atoms with van der Waals surface area (Å²) in [6.07, 6.45) is -8.24. The summed E-state index contributed by atoms with van der Waals surface area (Å²) in [5.74, 6) is -1.56. The molecule has 1 aromatic heterocycles. The molecule has 1 rings (SSSR count). The maximum Gasteiger partial charge on any atom is 0.574 e. The maximum atomic E-state index is 12.9. The number of rotatable bonds is 4. The summed E-state index contributed by atoms with van der Waals surface area (Å²) in [6, 6.07) is 0. The van der Waals surface area contributed by atoms with Gasteiger partial charge in [-0.2, -0.15) is 0 Å². The zero-order chi connectivity index (χ0) is 15.7. The Balaban J connectivity index is 3.66. The van der Waals surface area contributed by atoms with Gasteiger partial charge in [-0.15, -0.1) is 13.2 Å². The van der Waals surface area contributed by atoms with Crippen LogP contribution in [0.15, 0.2) is 11.1 Å². The highest BCUT2D eigenvalue weighted by Crippen LogP contribution is 2.39. The molecule has 0 saturated carbocycles. The molecule has 0 saturated heterocycles. The molecule has 0 fully saturated rings. The van der Waals surface area contributed by atoms with Crippen LogP contribution in [0.4, 0.5) is 22.0 Å². The van der Waals surface area contributed by atoms with Crippen LogP contribution in [-0.2, 0) is 14.4 Å². The second kappa shape index (κ2) is 5.98. The number of nitrogens with zero attached hydrogens (tertiary/aromatic N) is 1. The number of alkyl halides is 6. The lowest BCUT2D eigenvalue weighted by Gasteiger charge is -2.15. The predicted molar refractivity (Wildman–Crippen MR) is 61.5 cm³/mol. The fraction of sp³-hybridized carbons (Fsp3) is 0.375. The molecule has 0 aliphatic heterocycles. The van der Waals surface area contributed by atoms with E-state index in [0.29, 0.717) is 6.20 Å². The van der Waals surface area contributed by atoms with E-state index < -0.39 is 38.2 Å². The Kier molecular flexibility index (Phi) is 5.19. The average molecular weight is 405 g/mol. The first-order valence-electron chi connectivity index (χ1n) is 4.53. The summed E-state index contributed by atoms with van der Waals surface area (Å²) in [5.41, 5.74) is -1.85. The highest BCUT2D eigenvalue weighted by atomic mass is 79.9. The van der Waals surface area contributed by atoms with Crippen molar-refractivity contribution in [2.75, 3.05) is 0 Å². The maximum absolute atomic E-state index is 12.9. The molecule has 0 atom stereocenters. The molecule has 0 aliphatic carbocycles. The van der Waals surface area contributed by atoms with E-state index in [1.54, 1.807) is 0 Å². The van der Waals surface area contributed by atoms with Crippen molar-refractivity contribution in [3.05, 3.63) is 17.3 Å². The lowest BCUT2D eigenvalue weighted by Crippen LogP contribution is -2.20. The summed E-state index contributed by atoms with van der Waals surface area (Å²) < 4.78 is 88.0. The van der Waals surface area contributed by atoms with Crippen LogP contribution in [0.25, 0.3) is 0 Å². The molecule has 0 bridgehead atoms. The molecule has 0 spiro atoms. The number of aromatic nitrogens is 1. The summed E-state index contributed by atoms with van der Waals surface area (Å²) in [7, 11) is 0.264. The van der Waals surface area contributed by atoms with Gasteiger partial charge in [0.2, 0.25) is 5.88 Å². The van der Waals surface area contributed by atoms with Gasteiger partial charge >= 0.3 is 6.36 Å². The van der Waals surface area contributed by atoms with E-state index in [1.807, 2.05) is 0 Å². The topological polar surface area (TPSA) is 56.3 Å². The Morgan fingerprint density at radius 1 is 1.40 bits per heavy atom. The normalized spacial score (nSPS) is 12.8. The molecule has 4 nitrogen and oxygen atoms in total. The Morgan fingerprint density at radius 2 is 1.95 bits per heavy atom. The van der Waals surface area contributed by atoms with Crippen molar-refractivity contribution < 1.29 is 35.1 Å². The molecule has 0 amide bonds. The third-order valence-electron chi connectivity index (χ3n) is 1.92. The van der Waals surface area contributed by atoms with E-state index in [9.17, 15) is 30.4 Å². The molecule has 20 heavy (non-hydrogen) atoms. The highest BCUT2D eigenvalue weighted by molar-refractivity contribution is 9.08. The quantitative estimate of drug-likeness (QED) is 0.436. The number of halogens is 7. The Hall–Kier alpha value is -0.680. The molecule has 0 N–H and O–H groups in total. The second-order valence-electron chi connectivity index (χ2n) is 3.25. The molecule has 0 radical (unpaired) electrons. The van der Waals surface area contributed by atoms with E-state index in [0.717, 1.165) is 0 Å². The SMILES string of the molecule is O=S(=O)(Cl)c1c(CBr)cnc(OC(F)(F)F)c1C(F)F. The van der Waals surface area contributed by atoms with Crippen LogP contribution in [-0.4, -0.2) is 19.8 Å². The van der Waals surface area contributed by atoms with Gasteiger partial charge in [0, 0.05) is 27.8 Å². The largest absolute Gasteiger partial charge is 0.574 e. The van der Waals surface area contributed by atoms with Crippen LogP contribution in [0.5, 0.6) is 5.88 Å². The monoisotopic (exact) mass is 403 g/mol. The molecule has 0 aromatic carbocycles. The van der Waals surface area contributed by atoms with Crippen LogP contribution < -0.4 is 4.74 Å². The summed E-state index contributed by atoms with van der Waals surface area (Å²) in [6.45, 7) is 0. The average Bonchev–Trinajstić information content (AvgIpc) is 2.24. The van der Waals surface area contributed by atoms with Crippen molar-refractivity contribution in [3.8, 4) is 5.88 Å². The lowest BCUT2D eigenvalue weighted by molar-refractivity contribution is -0.276. The summed E-state index contributed by atoms with van der Waals surface area (Å²) in [5, 5.41) is -0.257. The number of hydrogen-bond acceptors (Lipinski definition) is 4. The lowest BCUT2D eigenvalue weighted by atomic mass is 10.2. The first kappa shape index (κ1) is 17.4. The molecule has 1 heterocycles. The minimum Gasteiger partial charge on any atom is -0.387 e. The Morgan fingerprint density at radius 3 is 2.30 bits per heavy atom. The Labute approximate surface area is 122 Å². The van der Waals surface area contributed by atoms with Gasteiger partial charge in [-0.25, -0.2) is 22.2 Å². The van der Waals surface area contributed by atoms with E-state index in [-0.39, 0.29) is 10.9 Å². The molecular weight excluding hydrogens is 401 g/mol. The molecule has 12 heteroatoms. The van der Waals surface area contributed by atoms with Crippen molar-refractivity contribution in [1.29, 1.82) is 0 Å². The predicted octanol–water partition coefficient (Wildman–Crippen LogP) is 3.74. The third kappa shape index (κ3) is 4.16. The third-order valence-corrected chi connectivity index (χ3v) is 3.96. The highest BCUT2D eigenvalue weighted by Gasteiger charge is 2.37. The van der Waals surface area contributed by atoms with E-state index >= 15 is 0 Å². The van der Waals surface area contributed by atoms with Crippen molar-refractivity contribution >= 4 is 35.7 Å². The first-order valence-corrected chi connectivity index (χ1v) is 7.96. The molecule has 0 unspecified atom stereocenters. The van der Waals surface area contributed by atoms with Gasteiger partial charge in [0.25, 0.3) is 15.5 Å². The van der Waals surface area contributed by atoms with Crippen molar-refractivity contribution in [3.63, 3.8) is 0 Å². The van der Waals surface area contributed by atoms with Crippen LogP contribution in [0.1, 0.15) is 17.6 Å². The fourth-order valence-corrected chi connectivity index (χ4v) is 3.34. The Bertz CT molecular complexity index is 607. The number of ether oxygens (including phenoxy) is 1. The van der Waals surface area contributed by atoms with Gasteiger partial charge < -0.3 is 4.74 Å². The van der Waals surface area contributed by atoms with Crippen LogP contribution in [0.2, 0.25) is 0 Å². The van der Waals surface area contributed by atoms with Gasteiger partial charge in [-0.05, 0) is 0 Å². The molecule has 114 valence electrons. The number of hydrogen-bond donors (Lipinski definition) is 0. The van der Waals surface area contributed by atoms with Gasteiger partial charge in [0.15, 0.2) is 0 Å². The first-order chi connectivity index (χ1) is 8.97. The van der Waals surface area contributed by atoms with Gasteiger partial charge in [-0.3, -0.25) is 0 Å². The van der Waals surface area contributed by atoms with E-state index in [2.05, 4.69) is 25.7 Å². The van der Waals surface area contributed by atoms with Crippen molar-refractivity contribution in [2.45, 2.75) is 23.0 Å². The molecule has 0 aliphatic rings. The molecule has 1 aromatic rings. The van der Waals surface area contributed by atoms with E-state index in [4.69, 9.17) is 10.7 Å². The standard InChI is InChI=1S/C8H4BrClF5NO3S/c9-1-3-2-16-7(19-8(13,14)15)4(6(11)12)5(3)20(10,17)18/h2,6H,1H2. The van der Waals surface area contributed by atoms with Crippen LogP contribution in [0.3, 0.4) is 0 Å². The van der Waals surface area contributed by atoms with E-state index in [1.165, 1.54) is 0 Å². The minimum atomic E-state index is -5.31. The molecular formula is C8H4BrClF5NO3S. The van der Waals surface area contributed by atoms with Crippen LogP contribution >= 0.6 is 26.6 Å². The number of pyridine rings is 1.